The lowest BCUT2D eigenvalue weighted by atomic mass is 9.91. The first-order valence-corrected chi connectivity index (χ1v) is 6.85. The fraction of sp³-hybridized carbons (Fsp3) is 0.846. The van der Waals surface area contributed by atoms with Crippen LogP contribution in [0.3, 0.4) is 0 Å². The van der Waals surface area contributed by atoms with Gasteiger partial charge in [-0.15, -0.1) is 0 Å². The smallest absolute Gasteiger partial charge is 0.226 e. The Labute approximate surface area is 108 Å². The van der Waals surface area contributed by atoms with Gasteiger partial charge in [0.05, 0.1) is 5.54 Å². The van der Waals surface area contributed by atoms with Gasteiger partial charge in [0.2, 0.25) is 5.89 Å². The van der Waals surface area contributed by atoms with Crippen molar-refractivity contribution in [2.45, 2.75) is 56.9 Å². The molecule has 1 aromatic heterocycles. The topological polar surface area (TPSA) is 74.2 Å². The summed E-state index contributed by atoms with van der Waals surface area (Å²) in [5, 5.41) is 4.08. The van der Waals surface area contributed by atoms with Crippen LogP contribution in [0.5, 0.6) is 0 Å². The van der Waals surface area contributed by atoms with E-state index in [2.05, 4.69) is 10.1 Å². The summed E-state index contributed by atoms with van der Waals surface area (Å²) in [5.74, 6) is 1.37. The summed E-state index contributed by atoms with van der Waals surface area (Å²) in [7, 11) is 1.69. The predicted molar refractivity (Wildman–Crippen MR) is 68.1 cm³/mol. The highest BCUT2D eigenvalue weighted by Crippen LogP contribution is 2.31. The molecule has 2 N–H and O–H groups in total. The van der Waals surface area contributed by atoms with Gasteiger partial charge in [-0.1, -0.05) is 30.8 Å². The maximum absolute atomic E-state index is 6.44. The summed E-state index contributed by atoms with van der Waals surface area (Å²) < 4.78 is 10.3. The zero-order chi connectivity index (χ0) is 12.8. The SMILES string of the molecule is COCCCc1nc(C2(N)CCCCCC2)no1. The molecule has 1 saturated carbocycles. The summed E-state index contributed by atoms with van der Waals surface area (Å²) in [4.78, 5) is 4.46. The third-order valence-electron chi connectivity index (χ3n) is 3.65. The minimum atomic E-state index is -0.375. The molecule has 5 heteroatoms. The van der Waals surface area contributed by atoms with E-state index in [-0.39, 0.29) is 5.54 Å². The van der Waals surface area contributed by atoms with Crippen molar-refractivity contribution in [1.29, 1.82) is 0 Å². The molecule has 1 aliphatic carbocycles. The van der Waals surface area contributed by atoms with Crippen LogP contribution >= 0.6 is 0 Å². The average Bonchev–Trinajstić information content (AvgIpc) is 2.73. The molecule has 102 valence electrons. The molecule has 1 aliphatic rings. The molecular weight excluding hydrogens is 230 g/mol. The maximum Gasteiger partial charge on any atom is 0.226 e. The quantitative estimate of drug-likeness (QED) is 0.643. The van der Waals surface area contributed by atoms with Crippen molar-refractivity contribution in [1.82, 2.24) is 10.1 Å². The molecule has 0 radical (unpaired) electrons. The number of nitrogens with two attached hydrogens (primary N) is 1. The van der Waals surface area contributed by atoms with Crippen molar-refractivity contribution in [3.63, 3.8) is 0 Å². The fourth-order valence-electron chi connectivity index (χ4n) is 2.51. The molecule has 1 heterocycles. The lowest BCUT2D eigenvalue weighted by molar-refractivity contribution is 0.192. The van der Waals surface area contributed by atoms with Crippen LogP contribution in [0.1, 0.15) is 56.7 Å². The largest absolute Gasteiger partial charge is 0.385 e. The van der Waals surface area contributed by atoms with Crippen molar-refractivity contribution in [3.05, 3.63) is 11.7 Å². The molecule has 0 amide bonds. The maximum atomic E-state index is 6.44. The summed E-state index contributed by atoms with van der Waals surface area (Å²) in [6, 6.07) is 0. The minimum Gasteiger partial charge on any atom is -0.385 e. The molecule has 0 spiro atoms. The van der Waals surface area contributed by atoms with E-state index in [0.717, 1.165) is 38.5 Å². The van der Waals surface area contributed by atoms with Crippen LogP contribution in [0.25, 0.3) is 0 Å². The number of nitrogens with zero attached hydrogens (tertiary/aromatic N) is 2. The second-order valence-corrected chi connectivity index (χ2v) is 5.18. The van der Waals surface area contributed by atoms with Gasteiger partial charge in [-0.05, 0) is 19.3 Å². The first-order valence-electron chi connectivity index (χ1n) is 6.85. The van der Waals surface area contributed by atoms with Crippen LogP contribution in [0, 0.1) is 0 Å². The Morgan fingerprint density at radius 3 is 2.67 bits per heavy atom. The summed E-state index contributed by atoms with van der Waals surface area (Å²) in [5.41, 5.74) is 6.06. The number of hydrogen-bond acceptors (Lipinski definition) is 5. The number of ether oxygens (including phenoxy) is 1. The Kier molecular flexibility index (Phi) is 4.72. The lowest BCUT2D eigenvalue weighted by Gasteiger charge is -2.23. The Morgan fingerprint density at radius 2 is 2.00 bits per heavy atom. The second-order valence-electron chi connectivity index (χ2n) is 5.18. The number of aryl methyl sites for hydroxylation is 1. The van der Waals surface area contributed by atoms with Gasteiger partial charge in [0.25, 0.3) is 0 Å². The Morgan fingerprint density at radius 1 is 1.28 bits per heavy atom. The number of hydrogen-bond donors (Lipinski definition) is 1. The van der Waals surface area contributed by atoms with Crippen LogP contribution in [-0.2, 0) is 16.7 Å². The van der Waals surface area contributed by atoms with Gasteiger partial charge in [0.15, 0.2) is 5.82 Å². The Hall–Kier alpha value is -0.940. The van der Waals surface area contributed by atoms with Gasteiger partial charge in [0, 0.05) is 20.1 Å². The standard InChI is InChI=1S/C13H23N3O2/c1-17-10-6-7-11-15-12(16-18-11)13(14)8-4-2-3-5-9-13/h2-10,14H2,1H3. The van der Waals surface area contributed by atoms with E-state index < -0.39 is 0 Å². The molecule has 1 fully saturated rings. The van der Waals surface area contributed by atoms with Gasteiger partial charge in [-0.25, -0.2) is 0 Å². The second kappa shape index (κ2) is 6.29. The van der Waals surface area contributed by atoms with E-state index >= 15 is 0 Å². The molecule has 2 rings (SSSR count). The van der Waals surface area contributed by atoms with Crippen molar-refractivity contribution >= 4 is 0 Å². The van der Waals surface area contributed by atoms with E-state index in [1.54, 1.807) is 7.11 Å². The summed E-state index contributed by atoms with van der Waals surface area (Å²) in [6.45, 7) is 0.714. The Balaban J connectivity index is 1.99. The fourth-order valence-corrected chi connectivity index (χ4v) is 2.51. The highest BCUT2D eigenvalue weighted by atomic mass is 16.5. The predicted octanol–water partition coefficient (Wildman–Crippen LogP) is 2.16. The summed E-state index contributed by atoms with van der Waals surface area (Å²) >= 11 is 0. The highest BCUT2D eigenvalue weighted by Gasteiger charge is 2.33. The van der Waals surface area contributed by atoms with Crippen LogP contribution < -0.4 is 5.73 Å². The van der Waals surface area contributed by atoms with Crippen molar-refractivity contribution < 1.29 is 9.26 Å². The molecule has 0 unspecified atom stereocenters. The summed E-state index contributed by atoms with van der Waals surface area (Å²) in [6.07, 6.45) is 8.42. The lowest BCUT2D eigenvalue weighted by Crippen LogP contribution is -2.37. The zero-order valence-corrected chi connectivity index (χ0v) is 11.2. The van der Waals surface area contributed by atoms with Crippen LogP contribution in [-0.4, -0.2) is 23.9 Å². The Bertz CT molecular complexity index is 357. The highest BCUT2D eigenvalue weighted by molar-refractivity contribution is 5.04. The monoisotopic (exact) mass is 253 g/mol. The van der Waals surface area contributed by atoms with Gasteiger partial charge in [0.1, 0.15) is 0 Å². The number of aromatic nitrogens is 2. The first-order chi connectivity index (χ1) is 8.74. The third kappa shape index (κ3) is 3.29. The molecule has 5 nitrogen and oxygen atoms in total. The first kappa shape index (κ1) is 13.5. The molecule has 18 heavy (non-hydrogen) atoms. The van der Waals surface area contributed by atoms with E-state index in [4.69, 9.17) is 15.0 Å². The van der Waals surface area contributed by atoms with Gasteiger partial charge >= 0.3 is 0 Å². The van der Waals surface area contributed by atoms with E-state index in [1.807, 2.05) is 0 Å². The van der Waals surface area contributed by atoms with Crippen molar-refractivity contribution in [2.75, 3.05) is 13.7 Å². The van der Waals surface area contributed by atoms with Crippen LogP contribution in [0.15, 0.2) is 4.52 Å². The van der Waals surface area contributed by atoms with Gasteiger partial charge in [-0.2, -0.15) is 4.98 Å². The van der Waals surface area contributed by atoms with Crippen molar-refractivity contribution in [3.8, 4) is 0 Å². The molecule has 0 atom stereocenters. The van der Waals surface area contributed by atoms with E-state index in [9.17, 15) is 0 Å². The zero-order valence-electron chi connectivity index (χ0n) is 11.2. The van der Waals surface area contributed by atoms with E-state index in [1.165, 1.54) is 12.8 Å². The molecule has 0 aliphatic heterocycles. The molecular formula is C13H23N3O2. The molecule has 0 saturated heterocycles. The van der Waals surface area contributed by atoms with Gasteiger partial charge < -0.3 is 15.0 Å². The molecule has 0 aromatic carbocycles. The average molecular weight is 253 g/mol. The number of rotatable bonds is 5. The molecule has 1 aromatic rings. The van der Waals surface area contributed by atoms with Gasteiger partial charge in [-0.3, -0.25) is 0 Å². The molecule has 0 bridgehead atoms. The minimum absolute atomic E-state index is 0.375. The normalized spacial score (nSPS) is 19.7. The van der Waals surface area contributed by atoms with Crippen molar-refractivity contribution in [2.24, 2.45) is 5.73 Å². The van der Waals surface area contributed by atoms with Crippen LogP contribution in [0.2, 0.25) is 0 Å². The van der Waals surface area contributed by atoms with E-state index in [0.29, 0.717) is 18.3 Å². The number of methoxy groups -OCH3 is 1. The van der Waals surface area contributed by atoms with Crippen LogP contribution in [0.4, 0.5) is 0 Å². The third-order valence-corrected chi connectivity index (χ3v) is 3.65.